The van der Waals surface area contributed by atoms with Crippen molar-refractivity contribution in [1.82, 2.24) is 14.8 Å². The van der Waals surface area contributed by atoms with Crippen molar-refractivity contribution in [2.75, 3.05) is 5.32 Å². The minimum atomic E-state index is -0.183. The van der Waals surface area contributed by atoms with Crippen molar-refractivity contribution in [2.24, 2.45) is 0 Å². The van der Waals surface area contributed by atoms with Crippen molar-refractivity contribution < 1.29 is 4.79 Å². The largest absolute Gasteiger partial charge is 0.357 e. The molecule has 0 bridgehead atoms. The third kappa shape index (κ3) is 2.40. The maximum atomic E-state index is 11.8. The van der Waals surface area contributed by atoms with Gasteiger partial charge in [0, 0.05) is 6.20 Å². The van der Waals surface area contributed by atoms with E-state index in [4.69, 9.17) is 0 Å². The minimum absolute atomic E-state index is 0.183. The fraction of sp³-hybridized carbons (Fsp3) is 0. The monoisotopic (exact) mass is 252 g/mol. The highest BCUT2D eigenvalue weighted by molar-refractivity contribution is 6.02. The Kier molecular flexibility index (Phi) is 2.86. The highest BCUT2D eigenvalue weighted by Gasteiger charge is 2.08. The standard InChI is InChI=1S/C14H12N4O/c19-14(13-7-4-8-15-13)17-11-9-16-18(10-11)12-5-2-1-3-6-12/h1-10,15H,(H,17,19). The molecule has 0 atom stereocenters. The van der Waals surface area contributed by atoms with E-state index < -0.39 is 0 Å². The first-order valence-electron chi connectivity index (χ1n) is 5.88. The lowest BCUT2D eigenvalue weighted by atomic mass is 10.3. The van der Waals surface area contributed by atoms with Crippen molar-refractivity contribution in [3.8, 4) is 5.69 Å². The Balaban J connectivity index is 1.77. The Hall–Kier alpha value is -2.82. The first-order valence-corrected chi connectivity index (χ1v) is 5.88. The summed E-state index contributed by atoms with van der Waals surface area (Å²) in [6.07, 6.45) is 5.10. The number of H-pyrrole nitrogens is 1. The fourth-order valence-corrected chi connectivity index (χ4v) is 1.78. The number of hydrogen-bond donors (Lipinski definition) is 2. The number of anilines is 1. The summed E-state index contributed by atoms with van der Waals surface area (Å²) in [7, 11) is 0. The van der Waals surface area contributed by atoms with Crippen LogP contribution >= 0.6 is 0 Å². The Bertz CT molecular complexity index is 671. The van der Waals surface area contributed by atoms with Crippen molar-refractivity contribution in [1.29, 1.82) is 0 Å². The van der Waals surface area contributed by atoms with Gasteiger partial charge >= 0.3 is 0 Å². The average molecular weight is 252 g/mol. The minimum Gasteiger partial charge on any atom is -0.357 e. The summed E-state index contributed by atoms with van der Waals surface area (Å²) in [5, 5.41) is 6.99. The molecule has 0 aliphatic carbocycles. The molecule has 19 heavy (non-hydrogen) atoms. The highest BCUT2D eigenvalue weighted by atomic mass is 16.1. The molecule has 5 nitrogen and oxygen atoms in total. The van der Waals surface area contributed by atoms with Crippen LogP contribution in [0.25, 0.3) is 5.69 Å². The second-order valence-electron chi connectivity index (χ2n) is 4.05. The lowest BCUT2D eigenvalue weighted by Crippen LogP contribution is -2.11. The van der Waals surface area contributed by atoms with E-state index in [1.807, 2.05) is 30.3 Å². The third-order valence-electron chi connectivity index (χ3n) is 2.70. The summed E-state index contributed by atoms with van der Waals surface area (Å²) in [6, 6.07) is 13.2. The number of amides is 1. The number of aromatic amines is 1. The Morgan fingerprint density at radius 2 is 2.00 bits per heavy atom. The van der Waals surface area contributed by atoms with Crippen LogP contribution in [0.5, 0.6) is 0 Å². The molecule has 0 saturated heterocycles. The van der Waals surface area contributed by atoms with Gasteiger partial charge in [0.05, 0.1) is 23.8 Å². The van der Waals surface area contributed by atoms with Gasteiger partial charge in [-0.3, -0.25) is 4.79 Å². The van der Waals surface area contributed by atoms with E-state index in [0.29, 0.717) is 11.4 Å². The molecule has 0 aliphatic heterocycles. The molecule has 0 unspecified atom stereocenters. The van der Waals surface area contributed by atoms with Gasteiger partial charge in [-0.25, -0.2) is 4.68 Å². The van der Waals surface area contributed by atoms with E-state index in [-0.39, 0.29) is 5.91 Å². The zero-order chi connectivity index (χ0) is 13.1. The van der Waals surface area contributed by atoms with Gasteiger partial charge in [0.2, 0.25) is 0 Å². The van der Waals surface area contributed by atoms with E-state index in [1.54, 1.807) is 35.4 Å². The lowest BCUT2D eigenvalue weighted by Gasteiger charge is -2.00. The summed E-state index contributed by atoms with van der Waals surface area (Å²) in [5.74, 6) is -0.183. The summed E-state index contributed by atoms with van der Waals surface area (Å²) in [6.45, 7) is 0. The molecule has 3 aromatic rings. The van der Waals surface area contributed by atoms with E-state index in [0.717, 1.165) is 5.69 Å². The third-order valence-corrected chi connectivity index (χ3v) is 2.70. The van der Waals surface area contributed by atoms with Crippen LogP contribution in [0.1, 0.15) is 10.5 Å². The molecule has 0 aliphatic rings. The van der Waals surface area contributed by atoms with Gasteiger partial charge in [0.1, 0.15) is 5.69 Å². The second kappa shape index (κ2) is 4.81. The first-order chi connectivity index (χ1) is 9.33. The number of benzene rings is 1. The smallest absolute Gasteiger partial charge is 0.272 e. The lowest BCUT2D eigenvalue weighted by molar-refractivity contribution is 0.102. The van der Waals surface area contributed by atoms with Crippen molar-refractivity contribution >= 4 is 11.6 Å². The fourth-order valence-electron chi connectivity index (χ4n) is 1.78. The molecule has 0 saturated carbocycles. The SMILES string of the molecule is O=C(Nc1cnn(-c2ccccc2)c1)c1ccc[nH]1. The maximum Gasteiger partial charge on any atom is 0.272 e. The molecule has 0 fully saturated rings. The van der Waals surface area contributed by atoms with Gasteiger partial charge in [-0.2, -0.15) is 5.10 Å². The summed E-state index contributed by atoms with van der Waals surface area (Å²) in [5.41, 5.74) is 2.12. The van der Waals surface area contributed by atoms with Crippen LogP contribution in [0.15, 0.2) is 61.1 Å². The molecule has 5 heteroatoms. The molecule has 94 valence electrons. The van der Waals surface area contributed by atoms with Crippen LogP contribution < -0.4 is 5.32 Å². The molecular weight excluding hydrogens is 240 g/mol. The summed E-state index contributed by atoms with van der Waals surface area (Å²) >= 11 is 0. The number of aromatic nitrogens is 3. The quantitative estimate of drug-likeness (QED) is 0.752. The van der Waals surface area contributed by atoms with E-state index in [1.165, 1.54) is 0 Å². The molecule has 2 N–H and O–H groups in total. The van der Waals surface area contributed by atoms with Gasteiger partial charge in [-0.05, 0) is 24.3 Å². The van der Waals surface area contributed by atoms with Gasteiger partial charge < -0.3 is 10.3 Å². The number of carbonyl (C=O) groups is 1. The molecule has 0 radical (unpaired) electrons. The van der Waals surface area contributed by atoms with Gasteiger partial charge in [-0.1, -0.05) is 18.2 Å². The number of para-hydroxylation sites is 1. The second-order valence-corrected chi connectivity index (χ2v) is 4.05. The molecule has 2 heterocycles. The molecule has 2 aromatic heterocycles. The number of hydrogen-bond acceptors (Lipinski definition) is 2. The van der Waals surface area contributed by atoms with Crippen LogP contribution in [0.4, 0.5) is 5.69 Å². The Morgan fingerprint density at radius 3 is 2.74 bits per heavy atom. The molecular formula is C14H12N4O. The molecule has 1 aromatic carbocycles. The van der Waals surface area contributed by atoms with Crippen LogP contribution in [0.3, 0.4) is 0 Å². The first kappa shape index (κ1) is 11.3. The van der Waals surface area contributed by atoms with E-state index >= 15 is 0 Å². The zero-order valence-electron chi connectivity index (χ0n) is 10.1. The predicted octanol–water partition coefficient (Wildman–Crippen LogP) is 2.45. The highest BCUT2D eigenvalue weighted by Crippen LogP contribution is 2.12. The summed E-state index contributed by atoms with van der Waals surface area (Å²) < 4.78 is 1.71. The zero-order valence-corrected chi connectivity index (χ0v) is 10.1. The van der Waals surface area contributed by atoms with Crippen molar-refractivity contribution in [2.45, 2.75) is 0 Å². The van der Waals surface area contributed by atoms with Crippen LogP contribution in [0, 0.1) is 0 Å². The van der Waals surface area contributed by atoms with Crippen LogP contribution in [0.2, 0.25) is 0 Å². The normalized spacial score (nSPS) is 10.3. The molecule has 0 spiro atoms. The topological polar surface area (TPSA) is 62.7 Å². The summed E-state index contributed by atoms with van der Waals surface area (Å²) in [4.78, 5) is 14.7. The van der Waals surface area contributed by atoms with Gasteiger partial charge in [0.25, 0.3) is 5.91 Å². The average Bonchev–Trinajstić information content (AvgIpc) is 3.11. The van der Waals surface area contributed by atoms with E-state index in [9.17, 15) is 4.79 Å². The van der Waals surface area contributed by atoms with Crippen molar-refractivity contribution in [3.63, 3.8) is 0 Å². The van der Waals surface area contributed by atoms with Crippen LogP contribution in [-0.2, 0) is 0 Å². The number of carbonyl (C=O) groups excluding carboxylic acids is 1. The number of rotatable bonds is 3. The molecule has 3 rings (SSSR count). The Labute approximate surface area is 109 Å². The predicted molar refractivity (Wildman–Crippen MR) is 72.3 cm³/mol. The van der Waals surface area contributed by atoms with Crippen LogP contribution in [-0.4, -0.2) is 20.7 Å². The number of nitrogens with zero attached hydrogens (tertiary/aromatic N) is 2. The molecule has 1 amide bonds. The van der Waals surface area contributed by atoms with Crippen molar-refractivity contribution in [3.05, 3.63) is 66.7 Å². The van der Waals surface area contributed by atoms with Gasteiger partial charge in [0.15, 0.2) is 0 Å². The number of nitrogens with one attached hydrogen (secondary N) is 2. The van der Waals surface area contributed by atoms with E-state index in [2.05, 4.69) is 15.4 Å². The Morgan fingerprint density at radius 1 is 1.16 bits per heavy atom. The maximum absolute atomic E-state index is 11.8. The van der Waals surface area contributed by atoms with Gasteiger partial charge in [-0.15, -0.1) is 0 Å².